The van der Waals surface area contributed by atoms with Gasteiger partial charge in [-0.25, -0.2) is 4.79 Å². The summed E-state index contributed by atoms with van der Waals surface area (Å²) in [5.41, 5.74) is 1.37. The monoisotopic (exact) mass is 299 g/mol. The molecule has 1 N–H and O–H groups in total. The average Bonchev–Trinajstić information content (AvgIpc) is 2.56. The summed E-state index contributed by atoms with van der Waals surface area (Å²) in [5, 5.41) is 2.98. The number of hydrogen-bond donors (Lipinski definition) is 1. The highest BCUT2D eigenvalue weighted by molar-refractivity contribution is 5.91. The Bertz CT molecular complexity index is 647. The largest absolute Gasteiger partial charge is 0.427 e. The Labute approximate surface area is 128 Å². The third kappa shape index (κ3) is 4.09. The highest BCUT2D eigenvalue weighted by Crippen LogP contribution is 2.19. The van der Waals surface area contributed by atoms with Crippen molar-refractivity contribution in [1.29, 1.82) is 0 Å². The van der Waals surface area contributed by atoms with Gasteiger partial charge in [0, 0.05) is 19.2 Å². The summed E-state index contributed by atoms with van der Waals surface area (Å²) in [5.74, 6) is 0.0549. The van der Waals surface area contributed by atoms with E-state index in [1.807, 2.05) is 0 Å². The van der Waals surface area contributed by atoms with Gasteiger partial charge in [0.25, 0.3) is 0 Å². The highest BCUT2D eigenvalue weighted by atomic mass is 16.5. The Balaban J connectivity index is 2.00. The molecular formula is C17H17NO4. The highest BCUT2D eigenvalue weighted by Gasteiger charge is 2.09. The van der Waals surface area contributed by atoms with Gasteiger partial charge in [0.05, 0.1) is 5.56 Å². The Kier molecular flexibility index (Phi) is 5.14. The minimum absolute atomic E-state index is 0.305. The molecule has 0 aliphatic carbocycles. The molecule has 2 aromatic rings. The minimum Gasteiger partial charge on any atom is -0.427 e. The first-order valence-corrected chi connectivity index (χ1v) is 6.93. The normalized spacial score (nSPS) is 9.91. The predicted molar refractivity (Wildman–Crippen MR) is 83.3 cm³/mol. The lowest BCUT2D eigenvalue weighted by Crippen LogP contribution is -2.09. The van der Waals surface area contributed by atoms with Crippen LogP contribution >= 0.6 is 0 Å². The molecule has 0 amide bonds. The van der Waals surface area contributed by atoms with Crippen molar-refractivity contribution >= 4 is 17.6 Å². The predicted octanol–water partition coefficient (Wildman–Crippen LogP) is 3.26. The first kappa shape index (κ1) is 15.6. The van der Waals surface area contributed by atoms with Crippen LogP contribution in [0, 0.1) is 0 Å². The Morgan fingerprint density at radius 3 is 1.95 bits per heavy atom. The van der Waals surface area contributed by atoms with E-state index in [1.165, 1.54) is 0 Å². The lowest BCUT2D eigenvalue weighted by atomic mass is 10.2. The summed E-state index contributed by atoms with van der Waals surface area (Å²) >= 11 is 0. The SMILES string of the molecule is CCC(=O)Oc1ccc(OC(=O)c2ccc(NC)cc2)cc1. The van der Waals surface area contributed by atoms with Crippen LogP contribution in [0.15, 0.2) is 48.5 Å². The average molecular weight is 299 g/mol. The second kappa shape index (κ2) is 7.26. The van der Waals surface area contributed by atoms with Crippen molar-refractivity contribution in [2.24, 2.45) is 0 Å². The third-order valence-corrected chi connectivity index (χ3v) is 2.96. The zero-order valence-corrected chi connectivity index (χ0v) is 12.5. The standard InChI is InChI=1S/C17H17NO4/c1-3-16(19)21-14-8-10-15(11-9-14)22-17(20)12-4-6-13(18-2)7-5-12/h4-11,18H,3H2,1-2H3. The number of benzene rings is 2. The topological polar surface area (TPSA) is 64.6 Å². The number of ether oxygens (including phenoxy) is 2. The molecule has 0 bridgehead atoms. The molecule has 0 aliphatic heterocycles. The van der Waals surface area contributed by atoms with Gasteiger partial charge in [0.15, 0.2) is 0 Å². The maximum Gasteiger partial charge on any atom is 0.343 e. The maximum absolute atomic E-state index is 12.0. The molecule has 22 heavy (non-hydrogen) atoms. The molecule has 0 spiro atoms. The molecule has 0 atom stereocenters. The van der Waals surface area contributed by atoms with E-state index in [0.717, 1.165) is 5.69 Å². The van der Waals surface area contributed by atoms with Gasteiger partial charge in [0.1, 0.15) is 11.5 Å². The second-order valence-corrected chi connectivity index (χ2v) is 4.52. The van der Waals surface area contributed by atoms with Crippen LogP contribution in [0.1, 0.15) is 23.7 Å². The molecule has 0 saturated heterocycles. The number of rotatable bonds is 5. The number of esters is 2. The van der Waals surface area contributed by atoms with E-state index in [9.17, 15) is 9.59 Å². The molecular weight excluding hydrogens is 282 g/mol. The van der Waals surface area contributed by atoms with Crippen molar-refractivity contribution in [3.8, 4) is 11.5 Å². The van der Waals surface area contributed by atoms with E-state index in [4.69, 9.17) is 9.47 Å². The molecule has 0 saturated carbocycles. The Morgan fingerprint density at radius 2 is 1.45 bits per heavy atom. The van der Waals surface area contributed by atoms with Crippen LogP contribution in [0.5, 0.6) is 11.5 Å². The summed E-state index contributed by atoms with van der Waals surface area (Å²) in [7, 11) is 1.81. The number of anilines is 1. The first-order chi connectivity index (χ1) is 10.6. The van der Waals surface area contributed by atoms with Gasteiger partial charge in [-0.1, -0.05) is 6.92 Å². The van der Waals surface area contributed by atoms with Crippen molar-refractivity contribution in [2.75, 3.05) is 12.4 Å². The van der Waals surface area contributed by atoms with E-state index in [1.54, 1.807) is 62.5 Å². The van der Waals surface area contributed by atoms with Gasteiger partial charge >= 0.3 is 11.9 Å². The van der Waals surface area contributed by atoms with Crippen LogP contribution in [-0.2, 0) is 4.79 Å². The van der Waals surface area contributed by atoms with Crippen LogP contribution in [0.25, 0.3) is 0 Å². The lowest BCUT2D eigenvalue weighted by Gasteiger charge is -2.07. The summed E-state index contributed by atoms with van der Waals surface area (Å²) in [6, 6.07) is 13.3. The fraction of sp³-hybridized carbons (Fsp3) is 0.176. The van der Waals surface area contributed by atoms with Gasteiger partial charge in [-0.15, -0.1) is 0 Å². The van der Waals surface area contributed by atoms with Crippen molar-refractivity contribution in [2.45, 2.75) is 13.3 Å². The number of carbonyl (C=O) groups is 2. The summed E-state index contributed by atoms with van der Waals surface area (Å²) in [6.07, 6.45) is 0.305. The molecule has 114 valence electrons. The molecule has 5 nitrogen and oxygen atoms in total. The third-order valence-electron chi connectivity index (χ3n) is 2.96. The van der Waals surface area contributed by atoms with Crippen molar-refractivity contribution in [1.82, 2.24) is 0 Å². The molecule has 0 radical (unpaired) electrons. The van der Waals surface area contributed by atoms with E-state index < -0.39 is 5.97 Å². The van der Waals surface area contributed by atoms with Crippen LogP contribution < -0.4 is 14.8 Å². The van der Waals surface area contributed by atoms with E-state index in [0.29, 0.717) is 23.5 Å². The molecule has 0 aliphatic rings. The van der Waals surface area contributed by atoms with Gasteiger partial charge < -0.3 is 14.8 Å². The maximum atomic E-state index is 12.0. The van der Waals surface area contributed by atoms with Crippen molar-refractivity contribution in [3.63, 3.8) is 0 Å². The Morgan fingerprint density at radius 1 is 0.909 bits per heavy atom. The van der Waals surface area contributed by atoms with Gasteiger partial charge in [-0.3, -0.25) is 4.79 Å². The molecule has 5 heteroatoms. The quantitative estimate of drug-likeness (QED) is 0.678. The van der Waals surface area contributed by atoms with Gasteiger partial charge in [0.2, 0.25) is 0 Å². The molecule has 2 aromatic carbocycles. The van der Waals surface area contributed by atoms with Gasteiger partial charge in [-0.05, 0) is 48.5 Å². The zero-order valence-electron chi connectivity index (χ0n) is 12.5. The number of nitrogens with one attached hydrogen (secondary N) is 1. The van der Waals surface area contributed by atoms with E-state index >= 15 is 0 Å². The summed E-state index contributed by atoms with van der Waals surface area (Å²) in [4.78, 5) is 23.2. The van der Waals surface area contributed by atoms with E-state index in [-0.39, 0.29) is 5.97 Å². The van der Waals surface area contributed by atoms with Crippen LogP contribution in [0.3, 0.4) is 0 Å². The van der Waals surface area contributed by atoms with E-state index in [2.05, 4.69) is 5.32 Å². The minimum atomic E-state index is -0.444. The van der Waals surface area contributed by atoms with Crippen molar-refractivity contribution in [3.05, 3.63) is 54.1 Å². The fourth-order valence-corrected chi connectivity index (χ4v) is 1.72. The van der Waals surface area contributed by atoms with Crippen LogP contribution in [0.2, 0.25) is 0 Å². The molecule has 0 fully saturated rings. The summed E-state index contributed by atoms with van der Waals surface area (Å²) in [6.45, 7) is 1.72. The lowest BCUT2D eigenvalue weighted by molar-refractivity contribution is -0.134. The van der Waals surface area contributed by atoms with Gasteiger partial charge in [-0.2, -0.15) is 0 Å². The van der Waals surface area contributed by atoms with Crippen LogP contribution in [0.4, 0.5) is 5.69 Å². The number of carbonyl (C=O) groups excluding carboxylic acids is 2. The molecule has 0 aromatic heterocycles. The van der Waals surface area contributed by atoms with Crippen molar-refractivity contribution < 1.29 is 19.1 Å². The summed E-state index contributed by atoms with van der Waals surface area (Å²) < 4.78 is 10.3. The zero-order chi connectivity index (χ0) is 15.9. The number of hydrogen-bond acceptors (Lipinski definition) is 5. The molecule has 0 unspecified atom stereocenters. The Hall–Kier alpha value is -2.82. The second-order valence-electron chi connectivity index (χ2n) is 4.52. The fourth-order valence-electron chi connectivity index (χ4n) is 1.72. The first-order valence-electron chi connectivity index (χ1n) is 6.93. The molecule has 0 heterocycles. The molecule has 2 rings (SSSR count). The van der Waals surface area contributed by atoms with Crippen LogP contribution in [-0.4, -0.2) is 19.0 Å². The smallest absolute Gasteiger partial charge is 0.343 e.